The molecule has 1 aliphatic heterocycles. The van der Waals surface area contributed by atoms with Gasteiger partial charge in [0.2, 0.25) is 0 Å². The Balaban J connectivity index is 1.36. The Hall–Kier alpha value is -3.93. The van der Waals surface area contributed by atoms with Crippen LogP contribution in [0.25, 0.3) is 21.9 Å². The van der Waals surface area contributed by atoms with Crippen molar-refractivity contribution in [2.45, 2.75) is 6.42 Å². The second-order valence-electron chi connectivity index (χ2n) is 8.03. The Morgan fingerprint density at radius 1 is 1.12 bits per heavy atom. The van der Waals surface area contributed by atoms with Gasteiger partial charge in [-0.2, -0.15) is 0 Å². The number of piperazine rings is 1. The Bertz CT molecular complexity index is 1390. The van der Waals surface area contributed by atoms with Crippen molar-refractivity contribution in [3.05, 3.63) is 58.0 Å². The standard InChI is InChI=1S/C22H21F2N7O3/c1-34-22-20(31(32)33)18-14(11-25-22)17-19(28-18)21(27-12-26-17)30-8-6-29(7-9-30)5-4-13-2-3-15(23)16(24)10-13/h2-3,10-12,28H,4-9H2,1H3. The molecule has 12 heteroatoms. The summed E-state index contributed by atoms with van der Waals surface area (Å²) in [6, 6.07) is 3.99. The highest BCUT2D eigenvalue weighted by Gasteiger charge is 2.27. The molecule has 0 radical (unpaired) electrons. The number of nitrogens with one attached hydrogen (secondary N) is 1. The number of anilines is 1. The molecule has 10 nitrogen and oxygen atoms in total. The first-order valence-corrected chi connectivity index (χ1v) is 10.7. The predicted molar refractivity (Wildman–Crippen MR) is 121 cm³/mol. The van der Waals surface area contributed by atoms with Gasteiger partial charge in [0.05, 0.1) is 17.4 Å². The zero-order chi connectivity index (χ0) is 23.8. The van der Waals surface area contributed by atoms with Crippen LogP contribution in [0.15, 0.2) is 30.7 Å². The summed E-state index contributed by atoms with van der Waals surface area (Å²) in [4.78, 5) is 31.5. The third-order valence-corrected chi connectivity index (χ3v) is 6.10. The molecule has 0 aliphatic carbocycles. The number of hydrogen-bond acceptors (Lipinski definition) is 8. The van der Waals surface area contributed by atoms with E-state index < -0.39 is 16.6 Å². The number of aromatic amines is 1. The lowest BCUT2D eigenvalue weighted by Crippen LogP contribution is -2.47. The fourth-order valence-electron chi connectivity index (χ4n) is 4.33. The number of pyridine rings is 1. The van der Waals surface area contributed by atoms with Crippen LogP contribution in [0, 0.1) is 21.7 Å². The van der Waals surface area contributed by atoms with Crippen LogP contribution in [-0.2, 0) is 6.42 Å². The maximum absolute atomic E-state index is 13.4. The molecular formula is C22H21F2N7O3. The molecule has 0 saturated carbocycles. The van der Waals surface area contributed by atoms with E-state index in [9.17, 15) is 18.9 Å². The summed E-state index contributed by atoms with van der Waals surface area (Å²) in [5.74, 6) is -1.09. The molecule has 0 unspecified atom stereocenters. The summed E-state index contributed by atoms with van der Waals surface area (Å²) >= 11 is 0. The molecule has 1 fully saturated rings. The number of ether oxygens (including phenoxy) is 1. The van der Waals surface area contributed by atoms with Gasteiger partial charge in [0.15, 0.2) is 17.5 Å². The minimum Gasteiger partial charge on any atom is -0.476 e. The van der Waals surface area contributed by atoms with Crippen LogP contribution in [0.4, 0.5) is 20.3 Å². The minimum absolute atomic E-state index is 0.0757. The topological polar surface area (TPSA) is 113 Å². The van der Waals surface area contributed by atoms with Crippen molar-refractivity contribution in [3.63, 3.8) is 0 Å². The number of nitrogens with zero attached hydrogens (tertiary/aromatic N) is 6. The van der Waals surface area contributed by atoms with E-state index in [1.807, 2.05) is 0 Å². The third-order valence-electron chi connectivity index (χ3n) is 6.10. The molecule has 3 aromatic heterocycles. The molecule has 4 heterocycles. The summed E-state index contributed by atoms with van der Waals surface area (Å²) in [7, 11) is 1.33. The summed E-state index contributed by atoms with van der Waals surface area (Å²) in [6.45, 7) is 3.60. The lowest BCUT2D eigenvalue weighted by Gasteiger charge is -2.35. The summed E-state index contributed by atoms with van der Waals surface area (Å²) in [5, 5.41) is 12.2. The van der Waals surface area contributed by atoms with Gasteiger partial charge in [-0.25, -0.2) is 23.7 Å². The average Bonchev–Trinajstić information content (AvgIpc) is 3.23. The van der Waals surface area contributed by atoms with E-state index in [0.29, 0.717) is 47.3 Å². The van der Waals surface area contributed by atoms with Crippen molar-refractivity contribution in [2.75, 3.05) is 44.7 Å². The van der Waals surface area contributed by atoms with Gasteiger partial charge in [0, 0.05) is 38.9 Å². The average molecular weight is 469 g/mol. The highest BCUT2D eigenvalue weighted by Crippen LogP contribution is 2.37. The van der Waals surface area contributed by atoms with Crippen LogP contribution in [0.3, 0.4) is 0 Å². The molecule has 1 saturated heterocycles. The number of aromatic nitrogens is 4. The van der Waals surface area contributed by atoms with E-state index in [2.05, 4.69) is 29.7 Å². The van der Waals surface area contributed by atoms with Crippen LogP contribution >= 0.6 is 0 Å². The van der Waals surface area contributed by atoms with Gasteiger partial charge < -0.3 is 14.6 Å². The van der Waals surface area contributed by atoms with E-state index in [1.54, 1.807) is 6.07 Å². The van der Waals surface area contributed by atoms with E-state index in [4.69, 9.17) is 4.74 Å². The number of benzene rings is 1. The molecule has 176 valence electrons. The minimum atomic E-state index is -0.843. The van der Waals surface area contributed by atoms with Crippen LogP contribution in [0.2, 0.25) is 0 Å². The first-order chi connectivity index (χ1) is 16.5. The molecule has 1 aromatic carbocycles. The van der Waals surface area contributed by atoms with E-state index in [-0.39, 0.29) is 11.6 Å². The smallest absolute Gasteiger partial charge is 0.354 e. The lowest BCUT2D eigenvalue weighted by atomic mass is 10.1. The second kappa shape index (κ2) is 8.78. The van der Waals surface area contributed by atoms with E-state index in [0.717, 1.165) is 31.3 Å². The largest absolute Gasteiger partial charge is 0.476 e. The number of fused-ring (bicyclic) bond motifs is 3. The first-order valence-electron chi connectivity index (χ1n) is 10.7. The van der Waals surface area contributed by atoms with Crippen molar-refractivity contribution in [3.8, 4) is 5.88 Å². The Kier molecular flexibility index (Phi) is 5.65. The normalized spacial score (nSPS) is 14.7. The van der Waals surface area contributed by atoms with Gasteiger partial charge in [-0.1, -0.05) is 6.07 Å². The summed E-state index contributed by atoms with van der Waals surface area (Å²) in [5.41, 5.74) is 1.96. The molecule has 0 spiro atoms. The Morgan fingerprint density at radius 2 is 1.91 bits per heavy atom. The van der Waals surface area contributed by atoms with Crippen molar-refractivity contribution in [1.29, 1.82) is 0 Å². The van der Waals surface area contributed by atoms with E-state index >= 15 is 0 Å². The maximum atomic E-state index is 13.4. The van der Waals surface area contributed by atoms with Crippen molar-refractivity contribution < 1.29 is 18.4 Å². The van der Waals surface area contributed by atoms with Gasteiger partial charge in [-0.05, 0) is 24.1 Å². The Morgan fingerprint density at radius 3 is 2.62 bits per heavy atom. The quantitative estimate of drug-likeness (QED) is 0.339. The molecular weight excluding hydrogens is 448 g/mol. The van der Waals surface area contributed by atoms with Gasteiger partial charge in [0.1, 0.15) is 22.9 Å². The summed E-state index contributed by atoms with van der Waals surface area (Å²) < 4.78 is 31.6. The van der Waals surface area contributed by atoms with Crippen LogP contribution in [0.1, 0.15) is 5.56 Å². The lowest BCUT2D eigenvalue weighted by molar-refractivity contribution is -0.384. The molecule has 1 aliphatic rings. The van der Waals surface area contributed by atoms with Crippen LogP contribution in [-0.4, -0.2) is 69.6 Å². The van der Waals surface area contributed by atoms with Crippen molar-refractivity contribution >= 4 is 33.4 Å². The first kappa shape index (κ1) is 21.9. The third kappa shape index (κ3) is 3.85. The molecule has 1 N–H and O–H groups in total. The maximum Gasteiger partial charge on any atom is 0.354 e. The number of nitro groups is 1. The number of methoxy groups -OCH3 is 1. The van der Waals surface area contributed by atoms with Crippen LogP contribution < -0.4 is 9.64 Å². The van der Waals surface area contributed by atoms with Crippen LogP contribution in [0.5, 0.6) is 5.88 Å². The van der Waals surface area contributed by atoms with Crippen molar-refractivity contribution in [1.82, 2.24) is 24.8 Å². The fraction of sp³-hybridized carbons (Fsp3) is 0.318. The molecule has 0 amide bonds. The number of rotatable bonds is 6. The van der Waals surface area contributed by atoms with Gasteiger partial charge >= 0.3 is 5.69 Å². The fourth-order valence-corrected chi connectivity index (χ4v) is 4.33. The van der Waals surface area contributed by atoms with Crippen molar-refractivity contribution in [2.24, 2.45) is 0 Å². The number of halogens is 2. The zero-order valence-electron chi connectivity index (χ0n) is 18.3. The monoisotopic (exact) mass is 469 g/mol. The highest BCUT2D eigenvalue weighted by molar-refractivity contribution is 6.11. The number of hydrogen-bond donors (Lipinski definition) is 1. The van der Waals surface area contributed by atoms with E-state index in [1.165, 1.54) is 25.7 Å². The molecule has 4 aromatic rings. The van der Waals surface area contributed by atoms with Gasteiger partial charge in [-0.3, -0.25) is 15.0 Å². The summed E-state index contributed by atoms with van der Waals surface area (Å²) in [6.07, 6.45) is 3.57. The SMILES string of the molecule is COc1ncc2c([nH]c3c(N4CCN(CCc5ccc(F)c(F)c5)CC4)ncnc32)c1[N+](=O)[O-]. The number of H-pyrrole nitrogens is 1. The molecule has 5 rings (SSSR count). The predicted octanol–water partition coefficient (Wildman–Crippen LogP) is 3.07. The zero-order valence-corrected chi connectivity index (χ0v) is 18.3. The Labute approximate surface area is 192 Å². The molecule has 34 heavy (non-hydrogen) atoms. The van der Waals surface area contributed by atoms with Gasteiger partial charge in [-0.15, -0.1) is 0 Å². The van der Waals surface area contributed by atoms with Gasteiger partial charge in [0.25, 0.3) is 5.88 Å². The molecule has 0 atom stereocenters. The second-order valence-corrected chi connectivity index (χ2v) is 8.03. The highest BCUT2D eigenvalue weighted by atomic mass is 19.2. The molecule has 0 bridgehead atoms.